The van der Waals surface area contributed by atoms with E-state index in [9.17, 15) is 4.79 Å². The van der Waals surface area contributed by atoms with Crippen molar-refractivity contribution in [2.75, 3.05) is 10.3 Å². The van der Waals surface area contributed by atoms with Gasteiger partial charge in [-0.25, -0.2) is 0 Å². The van der Waals surface area contributed by atoms with Gasteiger partial charge in [0, 0.05) is 0 Å². The number of aliphatic carboxylic acids is 1. The predicted molar refractivity (Wildman–Crippen MR) is 41.4 cm³/mol. The first-order valence-corrected chi connectivity index (χ1v) is 4.71. The zero-order valence-electron chi connectivity index (χ0n) is 3.82. The van der Waals surface area contributed by atoms with Gasteiger partial charge in [-0.1, -0.05) is 38.5 Å². The number of alkyl halides is 2. The van der Waals surface area contributed by atoms with Gasteiger partial charge in [0.15, 0.2) is 0 Å². The van der Waals surface area contributed by atoms with Crippen LogP contribution in [0.4, 0.5) is 0 Å². The highest BCUT2D eigenvalue weighted by Crippen LogP contribution is 1.73. The van der Waals surface area contributed by atoms with Crippen LogP contribution < -0.4 is 0 Å². The highest BCUT2D eigenvalue weighted by molar-refractivity contribution is 14.1. The summed E-state index contributed by atoms with van der Waals surface area (Å²) in [6, 6.07) is 0. The average molecular weight is 281 g/mol. The van der Waals surface area contributed by atoms with Crippen molar-refractivity contribution in [2.45, 2.75) is 0 Å². The molecule has 0 unspecified atom stereocenters. The number of hydrogen-bond acceptors (Lipinski definition) is 1. The van der Waals surface area contributed by atoms with E-state index < -0.39 is 5.97 Å². The maximum absolute atomic E-state index is 9.32. The number of carboxylic acids is 1. The van der Waals surface area contributed by atoms with Crippen LogP contribution in [0.15, 0.2) is 0 Å². The van der Waals surface area contributed by atoms with E-state index in [1.165, 1.54) is 0 Å². The zero-order chi connectivity index (χ0) is 6.28. The molecule has 0 heterocycles. The molecule has 0 saturated carbocycles. The first kappa shape index (κ1) is 10.6. The molecule has 0 saturated heterocycles. The quantitative estimate of drug-likeness (QED) is 0.584. The molecular formula is C3H6BrIO2. The summed E-state index contributed by atoms with van der Waals surface area (Å²) in [5.41, 5.74) is 0. The average Bonchev–Trinajstić information content (AvgIpc) is 1.73. The molecule has 0 aromatic rings. The Kier molecular flexibility index (Phi) is 14.9. The van der Waals surface area contributed by atoms with E-state index in [-0.39, 0.29) is 5.33 Å². The second-order valence-electron chi connectivity index (χ2n) is 0.527. The third-order valence-electron chi connectivity index (χ3n) is 0.114. The van der Waals surface area contributed by atoms with Crippen molar-refractivity contribution in [1.82, 2.24) is 0 Å². The van der Waals surface area contributed by atoms with Crippen LogP contribution in [-0.2, 0) is 4.79 Å². The molecule has 0 spiro atoms. The molecule has 0 radical (unpaired) electrons. The van der Waals surface area contributed by atoms with E-state index in [0.717, 1.165) is 0 Å². The Balaban J connectivity index is 0. The SMILES string of the molecule is CI.O=C(O)CBr. The monoisotopic (exact) mass is 280 g/mol. The Labute approximate surface area is 64.6 Å². The molecule has 0 aromatic heterocycles. The molecule has 0 aromatic carbocycles. The molecule has 0 aliphatic carbocycles. The summed E-state index contributed by atoms with van der Waals surface area (Å²) in [7, 11) is 0. The van der Waals surface area contributed by atoms with E-state index >= 15 is 0 Å². The Bertz CT molecular complexity index is 48.2. The predicted octanol–water partition coefficient (Wildman–Crippen LogP) is 1.52. The summed E-state index contributed by atoms with van der Waals surface area (Å²) in [6.45, 7) is 0. The van der Waals surface area contributed by atoms with E-state index in [0.29, 0.717) is 0 Å². The molecule has 0 rings (SSSR count). The molecule has 4 heteroatoms. The fourth-order valence-electron chi connectivity index (χ4n) is 0. The second kappa shape index (κ2) is 9.84. The molecular weight excluding hydrogens is 275 g/mol. The van der Waals surface area contributed by atoms with Crippen LogP contribution in [0, 0.1) is 0 Å². The third-order valence-corrected chi connectivity index (χ3v) is 0.594. The van der Waals surface area contributed by atoms with Crippen LogP contribution in [0.1, 0.15) is 0 Å². The van der Waals surface area contributed by atoms with Crippen LogP contribution in [0.25, 0.3) is 0 Å². The summed E-state index contributed by atoms with van der Waals surface area (Å²) in [4.78, 5) is 11.3. The van der Waals surface area contributed by atoms with Crippen molar-refractivity contribution in [3.63, 3.8) is 0 Å². The van der Waals surface area contributed by atoms with Crippen LogP contribution >= 0.6 is 38.5 Å². The summed E-state index contributed by atoms with van der Waals surface area (Å²) >= 11 is 4.86. The van der Waals surface area contributed by atoms with Gasteiger partial charge in [-0.3, -0.25) is 4.79 Å². The summed E-state index contributed by atoms with van der Waals surface area (Å²) in [5.74, 6) is -0.829. The van der Waals surface area contributed by atoms with Crippen molar-refractivity contribution in [3.05, 3.63) is 0 Å². The van der Waals surface area contributed by atoms with E-state index in [4.69, 9.17) is 5.11 Å². The van der Waals surface area contributed by atoms with Crippen molar-refractivity contribution in [2.24, 2.45) is 0 Å². The molecule has 1 N–H and O–H groups in total. The topological polar surface area (TPSA) is 37.3 Å². The Morgan fingerprint density at radius 1 is 1.86 bits per heavy atom. The van der Waals surface area contributed by atoms with Crippen LogP contribution in [0.5, 0.6) is 0 Å². The van der Waals surface area contributed by atoms with E-state index in [1.54, 1.807) is 0 Å². The van der Waals surface area contributed by atoms with Crippen LogP contribution in [0.3, 0.4) is 0 Å². The molecule has 2 nitrogen and oxygen atoms in total. The lowest BCUT2D eigenvalue weighted by atomic mass is 10.8. The molecule has 7 heavy (non-hydrogen) atoms. The molecule has 0 fully saturated rings. The highest BCUT2D eigenvalue weighted by Gasteiger charge is 1.83. The number of halogens is 2. The minimum absolute atomic E-state index is 0.0347. The van der Waals surface area contributed by atoms with Gasteiger partial charge >= 0.3 is 5.97 Å². The van der Waals surface area contributed by atoms with Gasteiger partial charge in [0.2, 0.25) is 0 Å². The molecule has 0 atom stereocenters. The molecule has 0 bridgehead atoms. The largest absolute Gasteiger partial charge is 0.481 e. The van der Waals surface area contributed by atoms with Crippen LogP contribution in [-0.4, -0.2) is 21.3 Å². The van der Waals surface area contributed by atoms with Gasteiger partial charge in [-0.2, -0.15) is 0 Å². The van der Waals surface area contributed by atoms with E-state index in [2.05, 4.69) is 38.5 Å². The number of carboxylic acid groups (broad SMARTS) is 1. The minimum atomic E-state index is -0.829. The minimum Gasteiger partial charge on any atom is -0.481 e. The fourth-order valence-corrected chi connectivity index (χ4v) is 0. The fraction of sp³-hybridized carbons (Fsp3) is 0.667. The van der Waals surface area contributed by atoms with Gasteiger partial charge in [0.25, 0.3) is 0 Å². The van der Waals surface area contributed by atoms with Crippen molar-refractivity contribution in [3.8, 4) is 0 Å². The maximum Gasteiger partial charge on any atom is 0.314 e. The number of hydrogen-bond donors (Lipinski definition) is 1. The molecule has 44 valence electrons. The third kappa shape index (κ3) is 20.4. The Morgan fingerprint density at radius 2 is 2.00 bits per heavy atom. The van der Waals surface area contributed by atoms with Gasteiger partial charge < -0.3 is 5.11 Å². The molecule has 0 amide bonds. The van der Waals surface area contributed by atoms with Crippen molar-refractivity contribution >= 4 is 44.5 Å². The van der Waals surface area contributed by atoms with Gasteiger partial charge in [0.1, 0.15) is 5.33 Å². The Hall–Kier alpha value is 0.680. The van der Waals surface area contributed by atoms with Crippen molar-refractivity contribution in [1.29, 1.82) is 0 Å². The first-order valence-electron chi connectivity index (χ1n) is 1.43. The van der Waals surface area contributed by atoms with Gasteiger partial charge in [-0.05, 0) is 4.93 Å². The molecule has 0 aliphatic rings. The van der Waals surface area contributed by atoms with Crippen LogP contribution in [0.2, 0.25) is 0 Å². The number of carbonyl (C=O) groups is 1. The smallest absolute Gasteiger partial charge is 0.314 e. The molecule has 0 aliphatic heterocycles. The van der Waals surface area contributed by atoms with Crippen molar-refractivity contribution < 1.29 is 9.90 Å². The second-order valence-corrected chi connectivity index (χ2v) is 1.09. The Morgan fingerprint density at radius 3 is 2.00 bits per heavy atom. The zero-order valence-corrected chi connectivity index (χ0v) is 7.56. The van der Waals surface area contributed by atoms with Gasteiger partial charge in [0.05, 0.1) is 0 Å². The lowest BCUT2D eigenvalue weighted by molar-refractivity contribution is -0.133. The van der Waals surface area contributed by atoms with Gasteiger partial charge in [-0.15, -0.1) is 0 Å². The summed E-state index contributed by atoms with van der Waals surface area (Å²) in [6.07, 6.45) is 0. The summed E-state index contributed by atoms with van der Waals surface area (Å²) < 4.78 is 0. The highest BCUT2D eigenvalue weighted by atomic mass is 127. The lowest BCUT2D eigenvalue weighted by Gasteiger charge is -1.70. The standard InChI is InChI=1S/C2H3BrO2.CH3I/c3-1-2(4)5;1-2/h1H2,(H,4,5);1H3. The maximum atomic E-state index is 9.32. The normalized spacial score (nSPS) is 6.14. The lowest BCUT2D eigenvalue weighted by Crippen LogP contribution is -1.92. The first-order chi connectivity index (χ1) is 3.27. The summed E-state index contributed by atoms with van der Waals surface area (Å²) in [5, 5.41) is 7.71. The number of rotatable bonds is 1. The van der Waals surface area contributed by atoms with E-state index in [1.807, 2.05) is 4.93 Å².